The minimum absolute atomic E-state index is 0. The van der Waals surface area contributed by atoms with Crippen molar-refractivity contribution in [1.82, 2.24) is 20.4 Å². The largest absolute Gasteiger partial charge is 0.496 e. The molecule has 1 heterocycles. The molecule has 3 rings (SSSR count). The molecule has 3 aromatic rings. The predicted molar refractivity (Wildman–Crippen MR) is 140 cm³/mol. The summed E-state index contributed by atoms with van der Waals surface area (Å²) in [6, 6.07) is 15.6. The number of esters is 1. The molecule has 0 spiro atoms. The van der Waals surface area contributed by atoms with Crippen LogP contribution < -0.4 is 15.4 Å². The van der Waals surface area contributed by atoms with Gasteiger partial charge in [0.15, 0.2) is 5.96 Å². The number of nitrogens with one attached hydrogen (secondary N) is 2. The van der Waals surface area contributed by atoms with Gasteiger partial charge in [-0.2, -0.15) is 5.10 Å². The molecule has 2 N–H and O–H groups in total. The number of aliphatic imine (C=N–C) groups is 1. The third-order valence-corrected chi connectivity index (χ3v) is 5.03. The Labute approximate surface area is 211 Å². The van der Waals surface area contributed by atoms with E-state index in [1.807, 2.05) is 36.7 Å². The molecule has 0 fully saturated rings. The second kappa shape index (κ2) is 12.2. The van der Waals surface area contributed by atoms with Gasteiger partial charge in [-0.15, -0.1) is 24.0 Å². The van der Waals surface area contributed by atoms with Gasteiger partial charge in [-0.3, -0.25) is 4.99 Å². The van der Waals surface area contributed by atoms with Crippen LogP contribution in [0, 0.1) is 13.8 Å². The molecule has 0 saturated carbocycles. The molecule has 1 aromatic heterocycles. The maximum atomic E-state index is 12.0. The van der Waals surface area contributed by atoms with Crippen molar-refractivity contribution in [2.45, 2.75) is 26.9 Å². The van der Waals surface area contributed by atoms with Crippen molar-refractivity contribution in [3.8, 4) is 11.4 Å². The Kier molecular flexibility index (Phi) is 9.71. The third kappa shape index (κ3) is 6.47. The molecule has 0 bridgehead atoms. The molecule has 2 aromatic carbocycles. The standard InChI is InChI=1S/C24H29N5O3.HI/c1-16-12-17(2)29(28-16)21-9-7-6-8-19(21)15-27-24(25-3)26-14-18-10-11-22(31-4)20(13-18)23(30)32-5;/h6-13H,14-15H2,1-5H3,(H2,25,26,27);1H. The monoisotopic (exact) mass is 563 g/mol. The van der Waals surface area contributed by atoms with Gasteiger partial charge in [-0.05, 0) is 49.2 Å². The number of guanidine groups is 1. The van der Waals surface area contributed by atoms with Gasteiger partial charge in [0.25, 0.3) is 0 Å². The van der Waals surface area contributed by atoms with E-state index in [0.29, 0.717) is 30.4 Å². The van der Waals surface area contributed by atoms with Gasteiger partial charge in [0, 0.05) is 25.8 Å². The van der Waals surface area contributed by atoms with Crippen LogP contribution in [0.3, 0.4) is 0 Å². The average Bonchev–Trinajstić information content (AvgIpc) is 3.16. The summed E-state index contributed by atoms with van der Waals surface area (Å²) < 4.78 is 12.0. The summed E-state index contributed by atoms with van der Waals surface area (Å²) in [7, 11) is 4.59. The molecule has 0 aliphatic rings. The van der Waals surface area contributed by atoms with Crippen molar-refractivity contribution >= 4 is 35.9 Å². The number of nitrogens with zero attached hydrogens (tertiary/aromatic N) is 3. The highest BCUT2D eigenvalue weighted by Crippen LogP contribution is 2.21. The molecule has 33 heavy (non-hydrogen) atoms. The molecule has 0 unspecified atom stereocenters. The Morgan fingerprint density at radius 1 is 1.06 bits per heavy atom. The molecule has 0 atom stereocenters. The SMILES string of the molecule is CN=C(NCc1ccc(OC)c(C(=O)OC)c1)NCc1ccccc1-n1nc(C)cc1C.I. The highest BCUT2D eigenvalue weighted by Gasteiger charge is 2.14. The van der Waals surface area contributed by atoms with Crippen molar-refractivity contribution in [1.29, 1.82) is 0 Å². The molecule has 0 amide bonds. The number of aryl methyl sites for hydroxylation is 2. The van der Waals surface area contributed by atoms with Crippen LogP contribution in [0.1, 0.15) is 32.9 Å². The summed E-state index contributed by atoms with van der Waals surface area (Å²) in [6.07, 6.45) is 0. The Hall–Kier alpha value is -3.08. The normalized spacial score (nSPS) is 10.9. The number of hydrogen-bond acceptors (Lipinski definition) is 5. The van der Waals surface area contributed by atoms with Crippen molar-refractivity contribution in [2.24, 2.45) is 4.99 Å². The highest BCUT2D eigenvalue weighted by molar-refractivity contribution is 14.0. The van der Waals surface area contributed by atoms with Gasteiger partial charge in [-0.25, -0.2) is 9.48 Å². The number of aromatic nitrogens is 2. The molecule has 8 nitrogen and oxygen atoms in total. The molecule has 176 valence electrons. The third-order valence-electron chi connectivity index (χ3n) is 5.03. The molecule has 0 aliphatic carbocycles. The first-order valence-electron chi connectivity index (χ1n) is 10.3. The van der Waals surface area contributed by atoms with Crippen LogP contribution in [-0.4, -0.2) is 43.0 Å². The molecule has 0 radical (unpaired) electrons. The minimum Gasteiger partial charge on any atom is -0.496 e. The number of halogens is 1. The van der Waals surface area contributed by atoms with E-state index >= 15 is 0 Å². The van der Waals surface area contributed by atoms with Crippen LogP contribution in [0.4, 0.5) is 0 Å². The fraction of sp³-hybridized carbons (Fsp3) is 0.292. The molecule has 0 aliphatic heterocycles. The van der Waals surface area contributed by atoms with Crippen LogP contribution in [0.2, 0.25) is 0 Å². The number of rotatable bonds is 7. The lowest BCUT2D eigenvalue weighted by Gasteiger charge is -2.15. The summed E-state index contributed by atoms with van der Waals surface area (Å²) in [4.78, 5) is 16.3. The molecular formula is C24H30IN5O3. The van der Waals surface area contributed by atoms with Gasteiger partial charge in [0.05, 0.1) is 25.6 Å². The Morgan fingerprint density at radius 2 is 1.79 bits per heavy atom. The number of carbonyl (C=O) groups is 1. The molecular weight excluding hydrogens is 533 g/mol. The molecule has 9 heteroatoms. The predicted octanol–water partition coefficient (Wildman–Crippen LogP) is 3.77. The number of methoxy groups -OCH3 is 2. The van der Waals surface area contributed by atoms with E-state index in [9.17, 15) is 4.79 Å². The van der Waals surface area contributed by atoms with E-state index in [0.717, 1.165) is 28.2 Å². The number of carbonyl (C=O) groups excluding carboxylic acids is 1. The van der Waals surface area contributed by atoms with Crippen LogP contribution in [0.5, 0.6) is 5.75 Å². The van der Waals surface area contributed by atoms with Gasteiger partial charge in [-0.1, -0.05) is 24.3 Å². The van der Waals surface area contributed by atoms with Crippen molar-refractivity contribution < 1.29 is 14.3 Å². The van der Waals surface area contributed by atoms with E-state index < -0.39 is 5.97 Å². The zero-order valence-corrected chi connectivity index (χ0v) is 21.8. The number of ether oxygens (including phenoxy) is 2. The first-order chi connectivity index (χ1) is 15.5. The van der Waals surface area contributed by atoms with Crippen molar-refractivity contribution in [2.75, 3.05) is 21.3 Å². The van der Waals surface area contributed by atoms with Crippen LogP contribution in [0.15, 0.2) is 53.5 Å². The van der Waals surface area contributed by atoms with Gasteiger partial charge < -0.3 is 20.1 Å². The van der Waals surface area contributed by atoms with Gasteiger partial charge in [0.2, 0.25) is 0 Å². The topological polar surface area (TPSA) is 89.8 Å². The lowest BCUT2D eigenvalue weighted by atomic mass is 10.1. The first kappa shape index (κ1) is 26.2. The van der Waals surface area contributed by atoms with Gasteiger partial charge in [0.1, 0.15) is 11.3 Å². The quantitative estimate of drug-likeness (QED) is 0.197. The first-order valence-corrected chi connectivity index (χ1v) is 10.3. The summed E-state index contributed by atoms with van der Waals surface area (Å²) in [6.45, 7) is 5.08. The fourth-order valence-electron chi connectivity index (χ4n) is 3.46. The fourth-order valence-corrected chi connectivity index (χ4v) is 3.46. The van der Waals surface area contributed by atoms with Crippen LogP contribution in [0.25, 0.3) is 5.69 Å². The number of benzene rings is 2. The number of hydrogen-bond donors (Lipinski definition) is 2. The summed E-state index contributed by atoms with van der Waals surface area (Å²) in [5.74, 6) is 0.680. The van der Waals surface area contributed by atoms with E-state index in [1.165, 1.54) is 14.2 Å². The van der Waals surface area contributed by atoms with Gasteiger partial charge >= 0.3 is 5.97 Å². The Balaban J connectivity index is 0.00000385. The van der Waals surface area contributed by atoms with E-state index in [2.05, 4.69) is 38.9 Å². The maximum Gasteiger partial charge on any atom is 0.341 e. The second-order valence-electron chi connectivity index (χ2n) is 7.27. The zero-order chi connectivity index (χ0) is 23.1. The van der Waals surface area contributed by atoms with Crippen LogP contribution >= 0.6 is 24.0 Å². The average molecular weight is 563 g/mol. The van der Waals surface area contributed by atoms with Crippen molar-refractivity contribution in [3.63, 3.8) is 0 Å². The lowest BCUT2D eigenvalue weighted by Crippen LogP contribution is -2.36. The number of para-hydroxylation sites is 1. The highest BCUT2D eigenvalue weighted by atomic mass is 127. The van der Waals surface area contributed by atoms with E-state index in [1.54, 1.807) is 19.2 Å². The smallest absolute Gasteiger partial charge is 0.341 e. The summed E-state index contributed by atoms with van der Waals surface area (Å²) in [5, 5.41) is 11.2. The Bertz CT molecular complexity index is 1130. The lowest BCUT2D eigenvalue weighted by molar-refractivity contribution is 0.0597. The summed E-state index contributed by atoms with van der Waals surface area (Å²) in [5.41, 5.74) is 5.47. The van der Waals surface area contributed by atoms with E-state index in [-0.39, 0.29) is 24.0 Å². The second-order valence-corrected chi connectivity index (χ2v) is 7.27. The summed E-state index contributed by atoms with van der Waals surface area (Å²) >= 11 is 0. The van der Waals surface area contributed by atoms with Crippen molar-refractivity contribution in [3.05, 3.63) is 76.6 Å². The minimum atomic E-state index is -0.438. The maximum absolute atomic E-state index is 12.0. The zero-order valence-electron chi connectivity index (χ0n) is 19.5. The Morgan fingerprint density at radius 3 is 2.42 bits per heavy atom. The van der Waals surface area contributed by atoms with Crippen LogP contribution in [-0.2, 0) is 17.8 Å². The van der Waals surface area contributed by atoms with E-state index in [4.69, 9.17) is 9.47 Å². The molecule has 0 saturated heterocycles.